The fraction of sp³-hybridized carbons (Fsp3) is 0.270. The first kappa shape index (κ1) is 31.3. The molecule has 232 valence electrons. The summed E-state index contributed by atoms with van der Waals surface area (Å²) >= 11 is 0. The number of amides is 3. The van der Waals surface area contributed by atoms with Crippen molar-refractivity contribution in [3.8, 4) is 0 Å². The van der Waals surface area contributed by atoms with E-state index in [9.17, 15) is 14.4 Å². The molecule has 3 amide bonds. The van der Waals surface area contributed by atoms with Crippen LogP contribution in [-0.4, -0.2) is 48.8 Å². The van der Waals surface area contributed by atoms with Crippen LogP contribution in [0, 0.1) is 0 Å². The lowest BCUT2D eigenvalue weighted by molar-refractivity contribution is 0.0963. The van der Waals surface area contributed by atoms with Gasteiger partial charge in [-0.25, -0.2) is 0 Å². The van der Waals surface area contributed by atoms with Crippen LogP contribution in [0.5, 0.6) is 0 Å². The van der Waals surface area contributed by atoms with Gasteiger partial charge < -0.3 is 20.9 Å². The number of nitrogens with zero attached hydrogens (tertiary/aromatic N) is 3. The number of unbranched alkanes of at least 4 members (excludes halogenated alkanes) is 2. The van der Waals surface area contributed by atoms with Crippen LogP contribution in [0.1, 0.15) is 76.2 Å². The number of fused-ring (bicyclic) bond motifs is 1. The van der Waals surface area contributed by atoms with Gasteiger partial charge in [-0.05, 0) is 91.2 Å². The number of anilines is 3. The Hall–Kier alpha value is -5.11. The molecule has 3 aromatic carbocycles. The van der Waals surface area contributed by atoms with Crippen LogP contribution in [0.4, 0.5) is 17.1 Å². The van der Waals surface area contributed by atoms with E-state index in [1.54, 1.807) is 53.4 Å². The zero-order valence-electron chi connectivity index (χ0n) is 26.0. The molecule has 0 aromatic heterocycles. The SMILES string of the molecule is CCCCN1C=C(NC(=O)c2ccc(N(C(=O)c3ccc(C(N)=O)cc3)c3ccc4c(c3)C=CCN4CCCC)cc2)C=CC1. The molecule has 0 unspecified atom stereocenters. The van der Waals surface area contributed by atoms with Crippen LogP contribution in [0.3, 0.4) is 0 Å². The Balaban J connectivity index is 1.43. The molecule has 2 aliphatic rings. The predicted octanol–water partition coefficient (Wildman–Crippen LogP) is 6.64. The summed E-state index contributed by atoms with van der Waals surface area (Å²) in [5.41, 5.74) is 10.9. The second-order valence-electron chi connectivity index (χ2n) is 11.4. The third-order valence-electron chi connectivity index (χ3n) is 8.04. The molecule has 0 bridgehead atoms. The van der Waals surface area contributed by atoms with Crippen molar-refractivity contribution in [3.63, 3.8) is 0 Å². The number of nitrogens with one attached hydrogen (secondary N) is 1. The lowest BCUT2D eigenvalue weighted by atomic mass is 10.0. The Morgan fingerprint density at radius 1 is 0.778 bits per heavy atom. The van der Waals surface area contributed by atoms with Crippen molar-refractivity contribution < 1.29 is 14.4 Å². The fourth-order valence-corrected chi connectivity index (χ4v) is 5.52. The van der Waals surface area contributed by atoms with Crippen molar-refractivity contribution in [1.82, 2.24) is 10.2 Å². The zero-order valence-corrected chi connectivity index (χ0v) is 26.0. The lowest BCUT2D eigenvalue weighted by Gasteiger charge is -2.30. The molecular weight excluding hydrogens is 562 g/mol. The molecule has 0 saturated heterocycles. The van der Waals surface area contributed by atoms with Crippen LogP contribution < -0.4 is 20.9 Å². The number of carbonyl (C=O) groups excluding carboxylic acids is 3. The first-order chi connectivity index (χ1) is 21.9. The predicted molar refractivity (Wildman–Crippen MR) is 182 cm³/mol. The highest BCUT2D eigenvalue weighted by molar-refractivity contribution is 6.11. The van der Waals surface area contributed by atoms with Crippen molar-refractivity contribution in [2.45, 2.75) is 39.5 Å². The van der Waals surface area contributed by atoms with E-state index in [1.807, 2.05) is 30.5 Å². The summed E-state index contributed by atoms with van der Waals surface area (Å²) < 4.78 is 0. The molecule has 0 fully saturated rings. The smallest absolute Gasteiger partial charge is 0.262 e. The molecule has 0 radical (unpaired) electrons. The van der Waals surface area contributed by atoms with Crippen molar-refractivity contribution in [3.05, 3.63) is 119 Å². The highest BCUT2D eigenvalue weighted by Gasteiger charge is 2.23. The van der Waals surface area contributed by atoms with Crippen molar-refractivity contribution >= 4 is 40.9 Å². The minimum atomic E-state index is -0.554. The molecule has 2 aliphatic heterocycles. The first-order valence-corrected chi connectivity index (χ1v) is 15.7. The van der Waals surface area contributed by atoms with Gasteiger partial charge in [0.2, 0.25) is 5.91 Å². The molecule has 5 rings (SSSR count). The summed E-state index contributed by atoms with van der Waals surface area (Å²) in [7, 11) is 0. The average molecular weight is 604 g/mol. The standard InChI is InChI=1S/C37H41N5O3/c1-3-5-21-40-22-8-10-31(26-40)39-36(44)28-15-17-32(18-16-28)42(37(45)29-13-11-27(12-14-29)35(38)43)33-19-20-34-30(25-33)9-7-24-41(34)23-6-4-2/h7-20,25-26H,3-6,21-24H2,1-2H3,(H2,38,43)(H,39,44). The van der Waals surface area contributed by atoms with E-state index in [0.717, 1.165) is 68.8 Å². The quantitative estimate of drug-likeness (QED) is 0.242. The second-order valence-corrected chi connectivity index (χ2v) is 11.4. The van der Waals surface area contributed by atoms with Crippen LogP contribution in [0.2, 0.25) is 0 Å². The van der Waals surface area contributed by atoms with E-state index < -0.39 is 5.91 Å². The number of primary amides is 1. The lowest BCUT2D eigenvalue weighted by Crippen LogP contribution is -2.29. The Kier molecular flexibility index (Phi) is 10.1. The molecule has 0 saturated carbocycles. The van der Waals surface area contributed by atoms with Gasteiger partial charge in [0.15, 0.2) is 0 Å². The number of benzene rings is 3. The molecule has 0 aliphatic carbocycles. The number of hydrogen-bond acceptors (Lipinski definition) is 5. The van der Waals surface area contributed by atoms with Gasteiger partial charge in [-0.15, -0.1) is 0 Å². The maximum Gasteiger partial charge on any atom is 0.262 e. The van der Waals surface area contributed by atoms with Gasteiger partial charge in [-0.2, -0.15) is 0 Å². The molecule has 8 heteroatoms. The van der Waals surface area contributed by atoms with Crippen molar-refractivity contribution in [1.29, 1.82) is 0 Å². The van der Waals surface area contributed by atoms with Crippen LogP contribution in [-0.2, 0) is 0 Å². The van der Waals surface area contributed by atoms with Crippen LogP contribution in [0.15, 0.2) is 96.9 Å². The topological polar surface area (TPSA) is 99.0 Å². The van der Waals surface area contributed by atoms with Gasteiger partial charge in [-0.3, -0.25) is 19.3 Å². The Bertz CT molecular complexity index is 1620. The third kappa shape index (κ3) is 7.52. The molecule has 45 heavy (non-hydrogen) atoms. The van der Waals surface area contributed by atoms with E-state index >= 15 is 0 Å². The molecule has 3 aromatic rings. The van der Waals surface area contributed by atoms with Crippen molar-refractivity contribution in [2.75, 3.05) is 36.0 Å². The maximum absolute atomic E-state index is 14.1. The summed E-state index contributed by atoms with van der Waals surface area (Å²) in [6.07, 6.45) is 14.6. The highest BCUT2D eigenvalue weighted by Crippen LogP contribution is 2.34. The normalized spacial score (nSPS) is 13.7. The Labute approximate surface area is 265 Å². The van der Waals surface area contributed by atoms with E-state index in [2.05, 4.69) is 47.2 Å². The van der Waals surface area contributed by atoms with E-state index in [1.165, 1.54) is 0 Å². The summed E-state index contributed by atoms with van der Waals surface area (Å²) in [4.78, 5) is 45.0. The minimum absolute atomic E-state index is 0.221. The zero-order chi connectivity index (χ0) is 31.8. The first-order valence-electron chi connectivity index (χ1n) is 15.7. The number of carbonyl (C=O) groups is 3. The summed E-state index contributed by atoms with van der Waals surface area (Å²) in [5, 5.41) is 3.00. The Morgan fingerprint density at radius 2 is 1.42 bits per heavy atom. The van der Waals surface area contributed by atoms with Gasteiger partial charge in [0.05, 0.1) is 5.70 Å². The molecule has 0 spiro atoms. The van der Waals surface area contributed by atoms with Crippen molar-refractivity contribution in [2.24, 2.45) is 5.73 Å². The molecule has 8 nitrogen and oxygen atoms in total. The minimum Gasteiger partial charge on any atom is -0.372 e. The van der Waals surface area contributed by atoms with Gasteiger partial charge in [0, 0.05) is 66.1 Å². The van der Waals surface area contributed by atoms with E-state index in [-0.39, 0.29) is 11.8 Å². The number of allylic oxidation sites excluding steroid dienone is 1. The number of rotatable bonds is 12. The summed E-state index contributed by atoms with van der Waals surface area (Å²) in [6.45, 7) is 7.94. The van der Waals surface area contributed by atoms with E-state index in [0.29, 0.717) is 28.1 Å². The summed E-state index contributed by atoms with van der Waals surface area (Å²) in [6, 6.07) is 19.4. The monoisotopic (exact) mass is 603 g/mol. The van der Waals surface area contributed by atoms with Gasteiger partial charge in [0.25, 0.3) is 11.8 Å². The largest absolute Gasteiger partial charge is 0.372 e. The second kappa shape index (κ2) is 14.6. The highest BCUT2D eigenvalue weighted by atomic mass is 16.2. The number of nitrogens with two attached hydrogens (primary N) is 1. The third-order valence-corrected chi connectivity index (χ3v) is 8.04. The average Bonchev–Trinajstić information content (AvgIpc) is 3.06. The molecule has 0 atom stereocenters. The molecule has 3 N–H and O–H groups in total. The Morgan fingerprint density at radius 3 is 2.13 bits per heavy atom. The molecular formula is C37H41N5O3. The van der Waals surface area contributed by atoms with Crippen LogP contribution in [0.25, 0.3) is 6.08 Å². The van der Waals surface area contributed by atoms with E-state index in [4.69, 9.17) is 5.73 Å². The summed E-state index contributed by atoms with van der Waals surface area (Å²) in [5.74, 6) is -1.04. The van der Waals surface area contributed by atoms with Gasteiger partial charge in [-0.1, -0.05) is 44.9 Å². The fourth-order valence-electron chi connectivity index (χ4n) is 5.52. The number of hydrogen-bond donors (Lipinski definition) is 2. The van der Waals surface area contributed by atoms with Gasteiger partial charge >= 0.3 is 0 Å². The molecule has 2 heterocycles. The van der Waals surface area contributed by atoms with Gasteiger partial charge in [0.1, 0.15) is 0 Å². The van der Waals surface area contributed by atoms with Crippen LogP contribution >= 0.6 is 0 Å². The maximum atomic E-state index is 14.1.